The van der Waals surface area contributed by atoms with Crippen LogP contribution < -0.4 is 16.4 Å². The average molecular weight is 423 g/mol. The van der Waals surface area contributed by atoms with E-state index in [1.807, 2.05) is 24.3 Å². The molecule has 0 amide bonds. The number of hydrogen-bond acceptors (Lipinski definition) is 6. The summed E-state index contributed by atoms with van der Waals surface area (Å²) < 4.78 is 0. The van der Waals surface area contributed by atoms with Crippen LogP contribution in [0.3, 0.4) is 0 Å². The summed E-state index contributed by atoms with van der Waals surface area (Å²) in [6.45, 7) is 1.42. The first-order chi connectivity index (χ1) is 14.5. The molecule has 0 saturated heterocycles. The number of nitriles is 1. The van der Waals surface area contributed by atoms with Crippen molar-refractivity contribution in [2.45, 2.75) is 44.7 Å². The van der Waals surface area contributed by atoms with Crippen molar-refractivity contribution in [3.63, 3.8) is 0 Å². The van der Waals surface area contributed by atoms with Gasteiger partial charge in [-0.1, -0.05) is 23.7 Å². The Kier molecular flexibility index (Phi) is 5.04. The van der Waals surface area contributed by atoms with Crippen LogP contribution in [0.15, 0.2) is 30.5 Å². The van der Waals surface area contributed by atoms with Crippen molar-refractivity contribution >= 4 is 23.4 Å². The van der Waals surface area contributed by atoms with Crippen LogP contribution in [0.4, 0.5) is 11.8 Å². The molecule has 3 unspecified atom stereocenters. The van der Waals surface area contributed by atoms with Gasteiger partial charge in [-0.05, 0) is 73.0 Å². The van der Waals surface area contributed by atoms with Crippen molar-refractivity contribution in [1.82, 2.24) is 9.97 Å². The molecule has 156 valence electrons. The lowest BCUT2D eigenvalue weighted by molar-refractivity contribution is -0.0591. The fourth-order valence-electron chi connectivity index (χ4n) is 6.23. The highest BCUT2D eigenvalue weighted by Gasteiger charge is 2.54. The number of aromatic nitrogens is 2. The minimum absolute atomic E-state index is 0.290. The lowest BCUT2D eigenvalue weighted by Crippen LogP contribution is -2.58. The van der Waals surface area contributed by atoms with Crippen LogP contribution in [-0.2, 0) is 6.54 Å². The fourth-order valence-corrected chi connectivity index (χ4v) is 6.44. The molecule has 2 aromatic rings. The van der Waals surface area contributed by atoms with E-state index in [9.17, 15) is 5.26 Å². The van der Waals surface area contributed by atoms with E-state index in [1.54, 1.807) is 6.20 Å². The van der Waals surface area contributed by atoms with E-state index in [0.29, 0.717) is 52.2 Å². The predicted molar refractivity (Wildman–Crippen MR) is 118 cm³/mol. The number of anilines is 2. The fraction of sp³-hybridized carbons (Fsp3) is 0.522. The van der Waals surface area contributed by atoms with E-state index in [1.165, 1.54) is 32.1 Å². The van der Waals surface area contributed by atoms with E-state index < -0.39 is 0 Å². The first-order valence-corrected chi connectivity index (χ1v) is 11.2. The van der Waals surface area contributed by atoms with E-state index in [4.69, 9.17) is 17.3 Å². The Labute approximate surface area is 182 Å². The molecule has 4 bridgehead atoms. The summed E-state index contributed by atoms with van der Waals surface area (Å²) in [4.78, 5) is 8.90. The van der Waals surface area contributed by atoms with Crippen molar-refractivity contribution in [3.05, 3.63) is 46.6 Å². The summed E-state index contributed by atoms with van der Waals surface area (Å²) in [5, 5.41) is 17.0. The monoisotopic (exact) mass is 422 g/mol. The van der Waals surface area contributed by atoms with E-state index in [-0.39, 0.29) is 0 Å². The average Bonchev–Trinajstić information content (AvgIpc) is 2.74. The van der Waals surface area contributed by atoms with Crippen LogP contribution in [0.2, 0.25) is 5.02 Å². The Hall–Kier alpha value is -2.36. The molecular weight excluding hydrogens is 396 g/mol. The normalized spacial score (nSPS) is 31.4. The molecule has 4 fully saturated rings. The molecule has 1 heterocycles. The molecule has 6 rings (SSSR count). The highest BCUT2D eigenvalue weighted by Crippen LogP contribution is 2.59. The second-order valence-corrected chi connectivity index (χ2v) is 9.89. The maximum atomic E-state index is 9.52. The summed E-state index contributed by atoms with van der Waals surface area (Å²) in [6.07, 6.45) is 7.85. The lowest BCUT2D eigenvalue weighted by Gasteiger charge is -2.59. The van der Waals surface area contributed by atoms with Crippen molar-refractivity contribution in [1.29, 1.82) is 5.26 Å². The van der Waals surface area contributed by atoms with Crippen molar-refractivity contribution in [3.8, 4) is 6.07 Å². The van der Waals surface area contributed by atoms with Crippen molar-refractivity contribution < 1.29 is 0 Å². The molecular formula is C23H27ClN6. The summed E-state index contributed by atoms with van der Waals surface area (Å²) >= 11 is 6.06. The zero-order valence-electron chi connectivity index (χ0n) is 16.9. The Bertz CT molecular complexity index is 970. The number of nitrogens with one attached hydrogen (secondary N) is 2. The second-order valence-electron chi connectivity index (χ2n) is 9.45. The van der Waals surface area contributed by atoms with Gasteiger partial charge in [-0.15, -0.1) is 0 Å². The van der Waals surface area contributed by atoms with Crippen LogP contribution >= 0.6 is 11.6 Å². The SMILES string of the molecule is N#Cc1cnc(NCc2cccc(Cl)c2)nc1NCC12CC3C[C@H](C1)C(N)[C@@H](C3)C2. The van der Waals surface area contributed by atoms with Gasteiger partial charge >= 0.3 is 0 Å². The number of rotatable bonds is 6. The highest BCUT2D eigenvalue weighted by atomic mass is 35.5. The Morgan fingerprint density at radius 3 is 2.73 bits per heavy atom. The van der Waals surface area contributed by atoms with Gasteiger partial charge in [-0.25, -0.2) is 4.98 Å². The number of nitrogens with zero attached hydrogens (tertiary/aromatic N) is 3. The molecule has 4 N–H and O–H groups in total. The van der Waals surface area contributed by atoms with Gasteiger partial charge in [-0.2, -0.15) is 10.2 Å². The molecule has 30 heavy (non-hydrogen) atoms. The lowest BCUT2D eigenvalue weighted by atomic mass is 9.48. The zero-order chi connectivity index (χ0) is 20.7. The molecule has 4 aliphatic carbocycles. The van der Waals surface area contributed by atoms with Gasteiger partial charge in [0.05, 0.1) is 6.20 Å². The van der Waals surface area contributed by atoms with Gasteiger partial charge < -0.3 is 16.4 Å². The minimum Gasteiger partial charge on any atom is -0.368 e. The van der Waals surface area contributed by atoms with Crippen molar-refractivity contribution in [2.24, 2.45) is 28.9 Å². The molecule has 5 atom stereocenters. The Balaban J connectivity index is 1.28. The molecule has 0 spiro atoms. The summed E-state index contributed by atoms with van der Waals surface area (Å²) in [5.41, 5.74) is 8.31. The third-order valence-corrected chi connectivity index (χ3v) is 7.59. The number of nitrogens with two attached hydrogens (primary N) is 1. The van der Waals surface area contributed by atoms with Crippen LogP contribution in [-0.4, -0.2) is 22.6 Å². The molecule has 0 radical (unpaired) electrons. The topological polar surface area (TPSA) is 99.6 Å². The summed E-state index contributed by atoms with van der Waals surface area (Å²) in [6, 6.07) is 10.3. The molecule has 0 aliphatic heterocycles. The van der Waals surface area contributed by atoms with Crippen LogP contribution in [0.25, 0.3) is 0 Å². The summed E-state index contributed by atoms with van der Waals surface area (Å²) in [7, 11) is 0. The largest absolute Gasteiger partial charge is 0.368 e. The number of hydrogen-bond donors (Lipinski definition) is 3. The van der Waals surface area contributed by atoms with E-state index in [0.717, 1.165) is 18.0 Å². The van der Waals surface area contributed by atoms with Gasteiger partial charge in [-0.3, -0.25) is 0 Å². The Morgan fingerprint density at radius 2 is 2.00 bits per heavy atom. The van der Waals surface area contributed by atoms with Crippen molar-refractivity contribution in [2.75, 3.05) is 17.2 Å². The molecule has 4 saturated carbocycles. The summed E-state index contributed by atoms with van der Waals surface area (Å²) in [5.74, 6) is 3.26. The quantitative estimate of drug-likeness (QED) is 0.645. The predicted octanol–water partition coefficient (Wildman–Crippen LogP) is 4.18. The van der Waals surface area contributed by atoms with Crippen LogP contribution in [0.1, 0.15) is 43.2 Å². The minimum atomic E-state index is 0.290. The molecule has 7 heteroatoms. The van der Waals surface area contributed by atoms with Crippen LogP contribution in [0, 0.1) is 34.5 Å². The third kappa shape index (κ3) is 3.73. The highest BCUT2D eigenvalue weighted by molar-refractivity contribution is 6.30. The standard InChI is InChI=1S/C23H27ClN6/c24-19-3-1-2-14(6-19)11-27-22-28-12-18(10-25)21(30-22)29-13-23-7-15-4-16(8-23)20(26)17(5-15)9-23/h1-3,6,12,15-17,20H,4-5,7-9,11,13,26H2,(H2,27,28,29,30)/t15?,16-,17+,20?,23?. The second kappa shape index (κ2) is 7.72. The first-order valence-electron chi connectivity index (χ1n) is 10.8. The van der Waals surface area contributed by atoms with E-state index in [2.05, 4.69) is 26.7 Å². The maximum Gasteiger partial charge on any atom is 0.224 e. The van der Waals surface area contributed by atoms with Crippen LogP contribution in [0.5, 0.6) is 0 Å². The maximum absolute atomic E-state index is 9.52. The van der Waals surface area contributed by atoms with Gasteiger partial charge in [0.25, 0.3) is 0 Å². The van der Waals surface area contributed by atoms with Gasteiger partial charge in [0.2, 0.25) is 5.95 Å². The van der Waals surface area contributed by atoms with Gasteiger partial charge in [0, 0.05) is 24.2 Å². The third-order valence-electron chi connectivity index (χ3n) is 7.35. The first kappa shape index (κ1) is 19.6. The zero-order valence-corrected chi connectivity index (χ0v) is 17.7. The molecule has 6 nitrogen and oxygen atoms in total. The van der Waals surface area contributed by atoms with Gasteiger partial charge in [0.1, 0.15) is 17.5 Å². The molecule has 1 aromatic heterocycles. The molecule has 4 aliphatic rings. The van der Waals surface area contributed by atoms with E-state index >= 15 is 0 Å². The number of benzene rings is 1. The number of halogens is 1. The smallest absolute Gasteiger partial charge is 0.224 e. The molecule has 1 aromatic carbocycles. The Morgan fingerprint density at radius 1 is 1.20 bits per heavy atom. The van der Waals surface area contributed by atoms with Gasteiger partial charge in [0.15, 0.2) is 0 Å².